The molecule has 0 unspecified atom stereocenters. The van der Waals surface area contributed by atoms with Gasteiger partial charge in [-0.2, -0.15) is 0 Å². The zero-order chi connectivity index (χ0) is 19.6. The highest BCUT2D eigenvalue weighted by atomic mass is 32.2. The van der Waals surface area contributed by atoms with E-state index in [0.29, 0.717) is 19.4 Å². The van der Waals surface area contributed by atoms with Crippen LogP contribution >= 0.6 is 0 Å². The van der Waals surface area contributed by atoms with E-state index in [1.807, 2.05) is 45.0 Å². The normalized spacial score (nSPS) is 16.0. The fraction of sp³-hybridized carbons (Fsp3) is 0.381. The van der Waals surface area contributed by atoms with E-state index in [1.54, 1.807) is 23.1 Å². The maximum absolute atomic E-state index is 12.9. The van der Waals surface area contributed by atoms with Gasteiger partial charge in [0.15, 0.2) is 0 Å². The molecule has 3 rings (SSSR count). The number of sulfonamides is 1. The van der Waals surface area contributed by atoms with Gasteiger partial charge in [-0.15, -0.1) is 0 Å². The molecule has 1 fully saturated rings. The Hall–Kier alpha value is -2.18. The zero-order valence-electron chi connectivity index (χ0n) is 16.0. The van der Waals surface area contributed by atoms with Crippen LogP contribution in [-0.4, -0.2) is 20.9 Å². The molecule has 0 saturated carbocycles. The van der Waals surface area contributed by atoms with Crippen LogP contribution in [0.25, 0.3) is 0 Å². The Labute approximate surface area is 161 Å². The first kappa shape index (κ1) is 19.6. The Morgan fingerprint density at radius 1 is 1.11 bits per heavy atom. The summed E-state index contributed by atoms with van der Waals surface area (Å²) in [5.74, 6) is 0.0947. The predicted octanol–water partition coefficient (Wildman–Crippen LogP) is 3.86. The number of carbonyl (C=O) groups is 1. The van der Waals surface area contributed by atoms with Crippen LogP contribution in [0.15, 0.2) is 47.4 Å². The van der Waals surface area contributed by atoms with Gasteiger partial charge in [0.05, 0.1) is 4.90 Å². The third-order valence-corrected chi connectivity index (χ3v) is 6.50. The monoisotopic (exact) mass is 386 g/mol. The van der Waals surface area contributed by atoms with Gasteiger partial charge < -0.3 is 4.90 Å². The molecule has 27 heavy (non-hydrogen) atoms. The Balaban J connectivity index is 1.84. The van der Waals surface area contributed by atoms with Crippen LogP contribution in [0.4, 0.5) is 5.69 Å². The van der Waals surface area contributed by atoms with Crippen LogP contribution in [0, 0.1) is 13.8 Å². The minimum absolute atomic E-state index is 0.0947. The Morgan fingerprint density at radius 3 is 2.37 bits per heavy atom. The average Bonchev–Trinajstić information content (AvgIpc) is 3.06. The first-order chi connectivity index (χ1) is 12.8. The number of benzene rings is 2. The molecule has 1 saturated heterocycles. The highest BCUT2D eigenvalue weighted by Gasteiger charge is 2.25. The third-order valence-electron chi connectivity index (χ3n) is 5.03. The van der Waals surface area contributed by atoms with Crippen molar-refractivity contribution in [3.05, 3.63) is 59.2 Å². The van der Waals surface area contributed by atoms with Gasteiger partial charge in [0.1, 0.15) is 0 Å². The Kier molecular flexibility index (Phi) is 5.67. The lowest BCUT2D eigenvalue weighted by Gasteiger charge is -2.21. The number of hydrogen-bond donors (Lipinski definition) is 1. The molecule has 6 heteroatoms. The van der Waals surface area contributed by atoms with Crippen molar-refractivity contribution in [2.45, 2.75) is 51.0 Å². The van der Waals surface area contributed by atoms with E-state index in [4.69, 9.17) is 0 Å². The third kappa shape index (κ3) is 4.22. The van der Waals surface area contributed by atoms with Gasteiger partial charge in [-0.1, -0.05) is 36.8 Å². The van der Waals surface area contributed by atoms with E-state index in [0.717, 1.165) is 28.8 Å². The van der Waals surface area contributed by atoms with Crippen LogP contribution in [-0.2, 0) is 14.8 Å². The number of rotatable bonds is 6. The van der Waals surface area contributed by atoms with Gasteiger partial charge in [-0.3, -0.25) is 4.79 Å². The molecule has 2 aromatic carbocycles. The summed E-state index contributed by atoms with van der Waals surface area (Å²) < 4.78 is 28.6. The lowest BCUT2D eigenvalue weighted by atomic mass is 10.0. The fourth-order valence-corrected chi connectivity index (χ4v) is 4.83. The van der Waals surface area contributed by atoms with Crippen molar-refractivity contribution >= 4 is 21.6 Å². The zero-order valence-corrected chi connectivity index (χ0v) is 16.8. The topological polar surface area (TPSA) is 66.5 Å². The lowest BCUT2D eigenvalue weighted by Crippen LogP contribution is -2.29. The second-order valence-electron chi connectivity index (χ2n) is 7.09. The minimum Gasteiger partial charge on any atom is -0.312 e. The summed E-state index contributed by atoms with van der Waals surface area (Å²) in [4.78, 5) is 13.9. The average molecular weight is 387 g/mol. The summed E-state index contributed by atoms with van der Waals surface area (Å²) in [6, 6.07) is 12.6. The molecule has 144 valence electrons. The van der Waals surface area contributed by atoms with Crippen molar-refractivity contribution < 1.29 is 13.2 Å². The Morgan fingerprint density at radius 2 is 1.81 bits per heavy atom. The maximum atomic E-state index is 12.9. The molecule has 0 bridgehead atoms. The van der Waals surface area contributed by atoms with Gasteiger partial charge in [-0.25, -0.2) is 13.1 Å². The van der Waals surface area contributed by atoms with Gasteiger partial charge in [0.2, 0.25) is 15.9 Å². The number of hydrogen-bond acceptors (Lipinski definition) is 3. The van der Waals surface area contributed by atoms with Crippen molar-refractivity contribution in [1.82, 2.24) is 4.72 Å². The van der Waals surface area contributed by atoms with Crippen molar-refractivity contribution in [3.8, 4) is 0 Å². The SMILES string of the molecule is CC[C@H](NS(=O)(=O)c1ccc(N2CCCC2=O)c(C)c1)c1ccc(C)cc1. The first-order valence-corrected chi connectivity index (χ1v) is 10.8. The van der Waals surface area contributed by atoms with E-state index in [2.05, 4.69) is 4.72 Å². The second kappa shape index (κ2) is 7.82. The van der Waals surface area contributed by atoms with E-state index in [-0.39, 0.29) is 16.8 Å². The number of nitrogens with zero attached hydrogens (tertiary/aromatic N) is 1. The summed E-state index contributed by atoms with van der Waals surface area (Å²) in [5.41, 5.74) is 3.67. The van der Waals surface area contributed by atoms with Crippen LogP contribution < -0.4 is 9.62 Å². The molecule has 0 aliphatic carbocycles. The molecule has 2 aromatic rings. The highest BCUT2D eigenvalue weighted by molar-refractivity contribution is 7.89. The smallest absolute Gasteiger partial charge is 0.241 e. The number of carbonyl (C=O) groups excluding carboxylic acids is 1. The van der Waals surface area contributed by atoms with E-state index in [1.165, 1.54) is 0 Å². The summed E-state index contributed by atoms with van der Waals surface area (Å²) in [7, 11) is -3.66. The van der Waals surface area contributed by atoms with Crippen molar-refractivity contribution in [1.29, 1.82) is 0 Å². The molecule has 1 N–H and O–H groups in total. The predicted molar refractivity (Wildman–Crippen MR) is 107 cm³/mol. The quantitative estimate of drug-likeness (QED) is 0.820. The number of anilines is 1. The lowest BCUT2D eigenvalue weighted by molar-refractivity contribution is -0.117. The highest BCUT2D eigenvalue weighted by Crippen LogP contribution is 2.28. The molecule has 0 aromatic heterocycles. The molecule has 1 aliphatic heterocycles. The van der Waals surface area contributed by atoms with Gasteiger partial charge >= 0.3 is 0 Å². The van der Waals surface area contributed by atoms with Crippen LogP contribution in [0.5, 0.6) is 0 Å². The fourth-order valence-electron chi connectivity index (χ4n) is 3.44. The molecule has 1 amide bonds. The molecule has 5 nitrogen and oxygen atoms in total. The molecule has 1 aliphatic rings. The first-order valence-electron chi connectivity index (χ1n) is 9.31. The van der Waals surface area contributed by atoms with Crippen LogP contribution in [0.2, 0.25) is 0 Å². The van der Waals surface area contributed by atoms with E-state index < -0.39 is 10.0 Å². The standard InChI is InChI=1S/C21H26N2O3S/c1-4-19(17-9-7-15(2)8-10-17)22-27(25,26)18-11-12-20(16(3)14-18)23-13-5-6-21(23)24/h7-12,14,19,22H,4-6,13H2,1-3H3/t19-/m0/s1. The molecule has 1 heterocycles. The van der Waals surface area contributed by atoms with Crippen molar-refractivity contribution in [2.75, 3.05) is 11.4 Å². The van der Waals surface area contributed by atoms with Gasteiger partial charge in [0, 0.05) is 24.7 Å². The number of aryl methyl sites for hydroxylation is 2. The summed E-state index contributed by atoms with van der Waals surface area (Å²) in [6.07, 6.45) is 2.05. The molecule has 1 atom stereocenters. The van der Waals surface area contributed by atoms with Crippen molar-refractivity contribution in [2.24, 2.45) is 0 Å². The summed E-state index contributed by atoms with van der Waals surface area (Å²) in [5, 5.41) is 0. The maximum Gasteiger partial charge on any atom is 0.241 e. The molecule has 0 spiro atoms. The molecule has 0 radical (unpaired) electrons. The number of nitrogens with one attached hydrogen (secondary N) is 1. The minimum atomic E-state index is -3.66. The second-order valence-corrected chi connectivity index (χ2v) is 8.80. The molecular weight excluding hydrogens is 360 g/mol. The van der Waals surface area contributed by atoms with E-state index in [9.17, 15) is 13.2 Å². The number of amides is 1. The van der Waals surface area contributed by atoms with E-state index >= 15 is 0 Å². The molecular formula is C21H26N2O3S. The van der Waals surface area contributed by atoms with Crippen LogP contribution in [0.1, 0.15) is 48.9 Å². The largest absolute Gasteiger partial charge is 0.312 e. The van der Waals surface area contributed by atoms with Gasteiger partial charge in [0.25, 0.3) is 0 Å². The van der Waals surface area contributed by atoms with Crippen molar-refractivity contribution in [3.63, 3.8) is 0 Å². The van der Waals surface area contributed by atoms with Crippen LogP contribution in [0.3, 0.4) is 0 Å². The Bertz CT molecular complexity index is 936. The summed E-state index contributed by atoms with van der Waals surface area (Å²) in [6.45, 7) is 6.50. The summed E-state index contributed by atoms with van der Waals surface area (Å²) >= 11 is 0. The van der Waals surface area contributed by atoms with Gasteiger partial charge in [-0.05, 0) is 56.0 Å².